The summed E-state index contributed by atoms with van der Waals surface area (Å²) in [5.41, 5.74) is 8.96. The van der Waals surface area contributed by atoms with Crippen LogP contribution < -0.4 is 4.90 Å². The summed E-state index contributed by atoms with van der Waals surface area (Å²) in [5, 5.41) is 3.76. The molecule has 7 nitrogen and oxygen atoms in total. The highest BCUT2D eigenvalue weighted by Crippen LogP contribution is 2.28. The molecule has 1 fully saturated rings. The maximum atomic E-state index is 11.9. The number of anilines is 1. The van der Waals surface area contributed by atoms with Gasteiger partial charge in [-0.2, -0.15) is 4.98 Å². The number of hydrogen-bond acceptors (Lipinski definition) is 4. The average molecular weight is 346 g/mol. The topological polar surface area (TPSA) is 94.9 Å². The third-order valence-corrected chi connectivity index (χ3v) is 4.27. The lowest BCUT2D eigenvalue weighted by Gasteiger charge is -2.15. The zero-order valence-electron chi connectivity index (χ0n) is 10.0. The zero-order valence-corrected chi connectivity index (χ0v) is 12.4. The third kappa shape index (κ3) is 2.97. The molecule has 1 aliphatic rings. The van der Waals surface area contributed by atoms with E-state index in [1.54, 1.807) is 6.92 Å². The Labute approximate surface area is 122 Å². The van der Waals surface area contributed by atoms with Gasteiger partial charge in [0.05, 0.1) is 10.2 Å². The van der Waals surface area contributed by atoms with Gasteiger partial charge >= 0.3 is 0 Å². The van der Waals surface area contributed by atoms with Crippen LogP contribution in [0.4, 0.5) is 5.95 Å². The van der Waals surface area contributed by atoms with Crippen molar-refractivity contribution in [3.05, 3.63) is 25.8 Å². The van der Waals surface area contributed by atoms with Crippen LogP contribution in [0.25, 0.3) is 10.4 Å². The Balaban J connectivity index is 2.23. The molecule has 1 saturated heterocycles. The van der Waals surface area contributed by atoms with Gasteiger partial charge in [0.15, 0.2) is 0 Å². The Bertz CT molecular complexity index is 550. The van der Waals surface area contributed by atoms with Crippen LogP contribution in [-0.4, -0.2) is 29.0 Å². The molecule has 19 heavy (non-hydrogen) atoms. The molecule has 9 heteroatoms. The fourth-order valence-corrected chi connectivity index (χ4v) is 2.27. The monoisotopic (exact) mass is 344 g/mol. The third-order valence-electron chi connectivity index (χ3n) is 2.81. The van der Waals surface area contributed by atoms with E-state index < -0.39 is 0 Å². The molecule has 0 aliphatic carbocycles. The normalized spacial score (nSPS) is 18.6. The first-order valence-corrected chi connectivity index (χ1v) is 6.71. The Morgan fingerprint density at radius 2 is 2.37 bits per heavy atom. The highest BCUT2D eigenvalue weighted by molar-refractivity contribution is 9.10. The maximum absolute atomic E-state index is 11.9. The van der Waals surface area contributed by atoms with Crippen molar-refractivity contribution in [2.45, 2.75) is 13.3 Å². The number of nitrogens with zero attached hydrogens (tertiary/aromatic N) is 6. The van der Waals surface area contributed by atoms with Crippen LogP contribution in [0.15, 0.2) is 9.59 Å². The van der Waals surface area contributed by atoms with Crippen LogP contribution in [0.3, 0.4) is 0 Å². The number of carbonyl (C=O) groups is 1. The molecule has 0 bridgehead atoms. The van der Waals surface area contributed by atoms with Gasteiger partial charge in [-0.3, -0.25) is 9.69 Å². The summed E-state index contributed by atoms with van der Waals surface area (Å²) in [6, 6.07) is 0. The van der Waals surface area contributed by atoms with Gasteiger partial charge in [-0.1, -0.05) is 16.7 Å². The standard InChI is InChI=1S/C10H10BrClN6O/c1-5-8(11)9(12)16-10(15-5)18-4-6(2-7(18)19)3-14-17-13/h6H,2-4H2,1H3. The van der Waals surface area contributed by atoms with Crippen LogP contribution in [0.1, 0.15) is 12.1 Å². The van der Waals surface area contributed by atoms with Crippen LogP contribution >= 0.6 is 27.5 Å². The van der Waals surface area contributed by atoms with Gasteiger partial charge in [0.2, 0.25) is 11.9 Å². The molecule has 0 saturated carbocycles. The fraction of sp³-hybridized carbons (Fsp3) is 0.500. The molecule has 2 heterocycles. The van der Waals surface area contributed by atoms with Crippen molar-refractivity contribution in [1.82, 2.24) is 9.97 Å². The summed E-state index contributed by atoms with van der Waals surface area (Å²) in [4.78, 5) is 24.4. The average Bonchev–Trinajstić information content (AvgIpc) is 2.74. The van der Waals surface area contributed by atoms with E-state index in [1.165, 1.54) is 4.90 Å². The summed E-state index contributed by atoms with van der Waals surface area (Å²) in [6.07, 6.45) is 0.328. The molecule has 0 aromatic carbocycles. The SMILES string of the molecule is Cc1nc(N2CC(CN=[N+]=[N-])CC2=O)nc(Cl)c1Br. The Morgan fingerprint density at radius 3 is 3.00 bits per heavy atom. The van der Waals surface area contributed by atoms with E-state index in [0.29, 0.717) is 35.6 Å². The highest BCUT2D eigenvalue weighted by atomic mass is 79.9. The number of carbonyl (C=O) groups excluding carboxylic acids is 1. The first kappa shape index (κ1) is 14.0. The van der Waals surface area contributed by atoms with Crippen molar-refractivity contribution >= 4 is 39.4 Å². The molecule has 0 radical (unpaired) electrons. The van der Waals surface area contributed by atoms with E-state index in [0.717, 1.165) is 0 Å². The fourth-order valence-electron chi connectivity index (χ4n) is 1.88. The van der Waals surface area contributed by atoms with E-state index in [1.807, 2.05) is 0 Å². The number of amides is 1. The van der Waals surface area contributed by atoms with Crippen LogP contribution in [0.2, 0.25) is 5.15 Å². The van der Waals surface area contributed by atoms with Gasteiger partial charge < -0.3 is 0 Å². The predicted octanol–water partition coefficient (Wildman–Crippen LogP) is 2.86. The minimum Gasteiger partial charge on any atom is -0.280 e. The quantitative estimate of drug-likeness (QED) is 0.365. The molecule has 1 aromatic heterocycles. The number of aromatic nitrogens is 2. The van der Waals surface area contributed by atoms with Crippen LogP contribution in [0.5, 0.6) is 0 Å². The van der Waals surface area contributed by atoms with E-state index in [2.05, 4.69) is 35.9 Å². The smallest absolute Gasteiger partial charge is 0.233 e. The van der Waals surface area contributed by atoms with E-state index in [-0.39, 0.29) is 17.0 Å². The Kier molecular flexibility index (Phi) is 4.24. The lowest BCUT2D eigenvalue weighted by atomic mass is 10.1. The molecule has 2 rings (SSSR count). The van der Waals surface area contributed by atoms with Gasteiger partial charge in [-0.25, -0.2) is 4.98 Å². The lowest BCUT2D eigenvalue weighted by molar-refractivity contribution is -0.117. The first-order chi connectivity index (χ1) is 9.02. The second-order valence-corrected chi connectivity index (χ2v) is 5.35. The molecule has 1 aromatic rings. The van der Waals surface area contributed by atoms with Gasteiger partial charge in [-0.15, -0.1) is 0 Å². The van der Waals surface area contributed by atoms with E-state index >= 15 is 0 Å². The maximum Gasteiger partial charge on any atom is 0.233 e. The molecule has 1 aliphatic heterocycles. The molecule has 1 amide bonds. The minimum atomic E-state index is -0.0871. The van der Waals surface area contributed by atoms with Crippen molar-refractivity contribution < 1.29 is 4.79 Å². The number of rotatable bonds is 3. The number of aryl methyl sites for hydroxylation is 1. The molecule has 0 N–H and O–H groups in total. The second-order valence-electron chi connectivity index (χ2n) is 4.20. The lowest BCUT2D eigenvalue weighted by Crippen LogP contribution is -2.27. The second kappa shape index (κ2) is 5.73. The summed E-state index contributed by atoms with van der Waals surface area (Å²) < 4.78 is 0.621. The molecular formula is C10H10BrClN6O. The van der Waals surface area contributed by atoms with Crippen molar-refractivity contribution in [3.8, 4) is 0 Å². The molecule has 0 spiro atoms. The summed E-state index contributed by atoms with van der Waals surface area (Å²) in [6.45, 7) is 2.51. The van der Waals surface area contributed by atoms with Crippen LogP contribution in [0, 0.1) is 12.8 Å². The number of halogens is 2. The van der Waals surface area contributed by atoms with Gasteiger partial charge in [0.25, 0.3) is 0 Å². The van der Waals surface area contributed by atoms with Crippen molar-refractivity contribution in [1.29, 1.82) is 0 Å². The van der Waals surface area contributed by atoms with Crippen molar-refractivity contribution in [2.24, 2.45) is 11.0 Å². The van der Waals surface area contributed by atoms with Gasteiger partial charge in [0.1, 0.15) is 5.15 Å². The number of azide groups is 1. The summed E-state index contributed by atoms with van der Waals surface area (Å²) in [7, 11) is 0. The van der Waals surface area contributed by atoms with E-state index in [9.17, 15) is 4.79 Å². The highest BCUT2D eigenvalue weighted by Gasteiger charge is 2.32. The van der Waals surface area contributed by atoms with Crippen molar-refractivity contribution in [2.75, 3.05) is 18.0 Å². The number of hydrogen-bond donors (Lipinski definition) is 0. The summed E-state index contributed by atoms with van der Waals surface area (Å²) in [5.74, 6) is 0.199. The Morgan fingerprint density at radius 1 is 1.63 bits per heavy atom. The Hall–Kier alpha value is -1.37. The summed E-state index contributed by atoms with van der Waals surface area (Å²) >= 11 is 9.23. The first-order valence-electron chi connectivity index (χ1n) is 5.53. The van der Waals surface area contributed by atoms with Gasteiger partial charge in [0, 0.05) is 24.4 Å². The molecule has 1 unspecified atom stereocenters. The van der Waals surface area contributed by atoms with Crippen LogP contribution in [-0.2, 0) is 4.79 Å². The minimum absolute atomic E-state index is 0.00488. The molecule has 100 valence electrons. The van der Waals surface area contributed by atoms with E-state index in [4.69, 9.17) is 17.1 Å². The molecule has 1 atom stereocenters. The van der Waals surface area contributed by atoms with Gasteiger partial charge in [-0.05, 0) is 34.3 Å². The zero-order chi connectivity index (χ0) is 14.0. The predicted molar refractivity (Wildman–Crippen MR) is 74.0 cm³/mol. The van der Waals surface area contributed by atoms with Crippen molar-refractivity contribution in [3.63, 3.8) is 0 Å². The largest absolute Gasteiger partial charge is 0.280 e. The molecular weight excluding hydrogens is 336 g/mol.